The lowest BCUT2D eigenvalue weighted by molar-refractivity contribution is -0.148. The number of anilines is 1. The van der Waals surface area contributed by atoms with E-state index in [1.807, 2.05) is 19.2 Å². The number of benzene rings is 1. The Morgan fingerprint density at radius 3 is 2.91 bits per heavy atom. The van der Waals surface area contributed by atoms with Crippen LogP contribution in [0.1, 0.15) is 34.7 Å². The molecule has 0 saturated carbocycles. The average molecular weight is 316 g/mol. The smallest absolute Gasteiger partial charge is 0.309 e. The molecule has 3 rings (SSSR count). The first-order valence-corrected chi connectivity index (χ1v) is 7.71. The lowest BCUT2D eigenvalue weighted by Gasteiger charge is -2.45. The normalized spacial score (nSPS) is 26.9. The van der Waals surface area contributed by atoms with Gasteiger partial charge in [0.2, 0.25) is 6.41 Å². The summed E-state index contributed by atoms with van der Waals surface area (Å²) in [5.41, 5.74) is 2.04. The Kier molecular flexibility index (Phi) is 4.17. The first-order chi connectivity index (χ1) is 11.1. The fourth-order valence-electron chi connectivity index (χ4n) is 3.96. The van der Waals surface area contributed by atoms with E-state index >= 15 is 0 Å². The van der Waals surface area contributed by atoms with Crippen LogP contribution in [0.25, 0.3) is 0 Å². The zero-order chi connectivity index (χ0) is 16.6. The topological polar surface area (TPSA) is 75.7 Å². The molecule has 6 heteroatoms. The van der Waals surface area contributed by atoms with Crippen molar-refractivity contribution in [3.05, 3.63) is 29.3 Å². The van der Waals surface area contributed by atoms with Gasteiger partial charge in [-0.2, -0.15) is 0 Å². The van der Waals surface area contributed by atoms with Gasteiger partial charge in [0.15, 0.2) is 5.78 Å². The van der Waals surface area contributed by atoms with Gasteiger partial charge >= 0.3 is 5.97 Å². The minimum atomic E-state index is -0.212. The molecule has 1 aliphatic carbocycles. The van der Waals surface area contributed by atoms with Gasteiger partial charge in [-0.15, -0.1) is 0 Å². The third-order valence-corrected chi connectivity index (χ3v) is 5.00. The molecule has 1 fully saturated rings. The number of nitrogens with one attached hydrogen (secondary N) is 1. The second kappa shape index (κ2) is 6.12. The number of ether oxygens (including phenoxy) is 1. The van der Waals surface area contributed by atoms with Crippen LogP contribution >= 0.6 is 0 Å². The number of ketones is 1. The van der Waals surface area contributed by atoms with Gasteiger partial charge < -0.3 is 15.0 Å². The van der Waals surface area contributed by atoms with E-state index in [1.165, 1.54) is 7.11 Å². The molecule has 0 aromatic heterocycles. The third kappa shape index (κ3) is 2.63. The SMILES string of the molecule is COC(=O)[C@@H]1C[C@@H]2c3cccc(NC=O)c3C(=O)C[C@H]2N(C)C1. The number of amides is 1. The summed E-state index contributed by atoms with van der Waals surface area (Å²) >= 11 is 0. The van der Waals surface area contributed by atoms with Gasteiger partial charge in [0.05, 0.1) is 18.7 Å². The maximum Gasteiger partial charge on any atom is 0.309 e. The van der Waals surface area contributed by atoms with E-state index in [1.54, 1.807) is 6.07 Å². The molecule has 0 radical (unpaired) electrons. The number of nitrogens with zero attached hydrogens (tertiary/aromatic N) is 1. The molecule has 1 aliphatic heterocycles. The summed E-state index contributed by atoms with van der Waals surface area (Å²) in [6.07, 6.45) is 1.64. The predicted octanol–water partition coefficient (Wildman–Crippen LogP) is 1.42. The van der Waals surface area contributed by atoms with Crippen molar-refractivity contribution in [1.82, 2.24) is 4.90 Å². The van der Waals surface area contributed by atoms with Crippen LogP contribution in [0.4, 0.5) is 5.69 Å². The Morgan fingerprint density at radius 2 is 2.22 bits per heavy atom. The van der Waals surface area contributed by atoms with E-state index in [0.717, 1.165) is 5.56 Å². The van der Waals surface area contributed by atoms with Gasteiger partial charge in [0, 0.05) is 30.5 Å². The van der Waals surface area contributed by atoms with Crippen molar-refractivity contribution in [3.8, 4) is 0 Å². The molecule has 1 amide bonds. The summed E-state index contributed by atoms with van der Waals surface area (Å²) in [6.45, 7) is 0.600. The first-order valence-electron chi connectivity index (χ1n) is 7.71. The summed E-state index contributed by atoms with van der Waals surface area (Å²) < 4.78 is 4.90. The van der Waals surface area contributed by atoms with Crippen LogP contribution in [-0.2, 0) is 14.3 Å². The Hall–Kier alpha value is -2.21. The van der Waals surface area contributed by atoms with E-state index in [4.69, 9.17) is 4.74 Å². The number of carbonyl (C=O) groups is 3. The van der Waals surface area contributed by atoms with Crippen molar-refractivity contribution in [2.45, 2.75) is 24.8 Å². The van der Waals surface area contributed by atoms with Gasteiger partial charge in [0.1, 0.15) is 0 Å². The van der Waals surface area contributed by atoms with E-state index in [9.17, 15) is 14.4 Å². The summed E-state index contributed by atoms with van der Waals surface area (Å²) in [5, 5.41) is 2.61. The highest BCUT2D eigenvalue weighted by Gasteiger charge is 2.44. The Balaban J connectivity index is 2.02. The molecule has 0 bridgehead atoms. The van der Waals surface area contributed by atoms with Crippen LogP contribution in [0.2, 0.25) is 0 Å². The zero-order valence-corrected chi connectivity index (χ0v) is 13.2. The van der Waals surface area contributed by atoms with Crippen LogP contribution in [0.15, 0.2) is 18.2 Å². The molecule has 1 heterocycles. The molecule has 1 aromatic carbocycles. The fraction of sp³-hybridized carbons (Fsp3) is 0.471. The van der Waals surface area contributed by atoms with E-state index in [0.29, 0.717) is 37.0 Å². The molecule has 1 saturated heterocycles. The summed E-state index contributed by atoms with van der Waals surface area (Å²) in [7, 11) is 3.34. The van der Waals surface area contributed by atoms with E-state index in [2.05, 4.69) is 10.2 Å². The van der Waals surface area contributed by atoms with Crippen molar-refractivity contribution < 1.29 is 19.1 Å². The van der Waals surface area contributed by atoms with Crippen molar-refractivity contribution in [2.75, 3.05) is 26.0 Å². The predicted molar refractivity (Wildman–Crippen MR) is 84.4 cm³/mol. The summed E-state index contributed by atoms with van der Waals surface area (Å²) in [6, 6.07) is 5.58. The van der Waals surface area contributed by atoms with Gasteiger partial charge in [-0.05, 0) is 25.1 Å². The quantitative estimate of drug-likeness (QED) is 0.674. The number of hydrogen-bond acceptors (Lipinski definition) is 5. The summed E-state index contributed by atoms with van der Waals surface area (Å²) in [4.78, 5) is 37.4. The van der Waals surface area contributed by atoms with Gasteiger partial charge in [0.25, 0.3) is 0 Å². The number of fused-ring (bicyclic) bond motifs is 3. The number of esters is 1. The molecule has 1 N–H and O–H groups in total. The van der Waals surface area contributed by atoms with Crippen LogP contribution in [0, 0.1) is 5.92 Å². The van der Waals surface area contributed by atoms with Crippen LogP contribution in [-0.4, -0.2) is 49.8 Å². The zero-order valence-electron chi connectivity index (χ0n) is 13.2. The molecular weight excluding hydrogens is 296 g/mol. The van der Waals surface area contributed by atoms with Crippen LogP contribution < -0.4 is 5.32 Å². The Morgan fingerprint density at radius 1 is 1.43 bits per heavy atom. The highest BCUT2D eigenvalue weighted by molar-refractivity contribution is 6.05. The number of piperidine rings is 1. The number of methoxy groups -OCH3 is 1. The minimum absolute atomic E-state index is 0.0366. The van der Waals surface area contributed by atoms with Gasteiger partial charge in [-0.1, -0.05) is 12.1 Å². The Labute approximate surface area is 134 Å². The maximum atomic E-state index is 12.6. The maximum absolute atomic E-state index is 12.6. The van der Waals surface area contributed by atoms with Gasteiger partial charge in [-0.25, -0.2) is 0 Å². The molecule has 6 nitrogen and oxygen atoms in total. The van der Waals surface area contributed by atoms with Crippen molar-refractivity contribution in [3.63, 3.8) is 0 Å². The number of rotatable bonds is 3. The standard InChI is InChI=1S/C17H20N2O4/c1-19-8-10(17(22)23-2)6-12-11-4-3-5-13(18-9-20)16(11)15(21)7-14(12)19/h3-5,9-10,12,14H,6-8H2,1-2H3,(H,18,20)/t10-,12-,14-/m1/s1. The van der Waals surface area contributed by atoms with E-state index in [-0.39, 0.29) is 29.6 Å². The number of likely N-dealkylation sites (tertiary alicyclic amines) is 1. The third-order valence-electron chi connectivity index (χ3n) is 5.00. The molecular formula is C17H20N2O4. The van der Waals surface area contributed by atoms with Crippen LogP contribution in [0.3, 0.4) is 0 Å². The highest BCUT2D eigenvalue weighted by Crippen LogP contribution is 2.43. The number of likely N-dealkylation sites (N-methyl/N-ethyl adjacent to an activating group) is 1. The van der Waals surface area contributed by atoms with Crippen molar-refractivity contribution >= 4 is 23.9 Å². The lowest BCUT2D eigenvalue weighted by Crippen LogP contribution is -2.50. The second-order valence-electron chi connectivity index (χ2n) is 6.23. The minimum Gasteiger partial charge on any atom is -0.469 e. The monoisotopic (exact) mass is 316 g/mol. The van der Waals surface area contributed by atoms with Crippen LogP contribution in [0.5, 0.6) is 0 Å². The van der Waals surface area contributed by atoms with Crippen molar-refractivity contribution in [2.24, 2.45) is 5.92 Å². The number of Topliss-reactive ketones (excluding diaryl/α,β-unsaturated/α-hetero) is 1. The molecule has 23 heavy (non-hydrogen) atoms. The largest absolute Gasteiger partial charge is 0.469 e. The second-order valence-corrected chi connectivity index (χ2v) is 6.23. The fourth-order valence-corrected chi connectivity index (χ4v) is 3.96. The van der Waals surface area contributed by atoms with E-state index < -0.39 is 0 Å². The Bertz CT molecular complexity index is 658. The lowest BCUT2D eigenvalue weighted by atomic mass is 9.71. The molecule has 1 aromatic rings. The number of carbonyl (C=O) groups excluding carboxylic acids is 3. The highest BCUT2D eigenvalue weighted by atomic mass is 16.5. The van der Waals surface area contributed by atoms with Crippen molar-refractivity contribution in [1.29, 1.82) is 0 Å². The molecule has 0 spiro atoms. The molecule has 2 aliphatic rings. The molecule has 122 valence electrons. The summed E-state index contributed by atoms with van der Waals surface area (Å²) in [5.74, 6) is -0.292. The average Bonchev–Trinajstić information content (AvgIpc) is 2.55. The van der Waals surface area contributed by atoms with Gasteiger partial charge in [-0.3, -0.25) is 14.4 Å². The molecule has 3 atom stereocenters. The first kappa shape index (κ1) is 15.7. The number of hydrogen-bond donors (Lipinski definition) is 1. The molecule has 0 unspecified atom stereocenters.